The highest BCUT2D eigenvalue weighted by atomic mass is 32.1. The van der Waals surface area contributed by atoms with Crippen LogP contribution >= 0.6 is 11.3 Å². The molecule has 106 valence electrons. The van der Waals surface area contributed by atoms with Gasteiger partial charge in [0.05, 0.1) is 10.2 Å². The van der Waals surface area contributed by atoms with E-state index in [1.807, 2.05) is 26.2 Å². The average Bonchev–Trinajstić information content (AvgIpc) is 2.90. The molecule has 2 heterocycles. The maximum atomic E-state index is 12.0. The van der Waals surface area contributed by atoms with Gasteiger partial charge in [-0.3, -0.25) is 4.79 Å². The van der Waals surface area contributed by atoms with Crippen LogP contribution in [0.15, 0.2) is 24.3 Å². The fraction of sp³-hybridized carbons (Fsp3) is 0.467. The molecule has 0 saturated carbocycles. The van der Waals surface area contributed by atoms with E-state index in [0.29, 0.717) is 0 Å². The third-order valence-electron chi connectivity index (χ3n) is 3.84. The first kappa shape index (κ1) is 13.4. The monoisotopic (exact) mass is 289 g/mol. The van der Waals surface area contributed by atoms with Crippen LogP contribution < -0.4 is 4.90 Å². The zero-order valence-electron chi connectivity index (χ0n) is 11.9. The van der Waals surface area contributed by atoms with E-state index < -0.39 is 0 Å². The topological polar surface area (TPSA) is 36.4 Å². The lowest BCUT2D eigenvalue weighted by Crippen LogP contribution is -2.40. The largest absolute Gasteiger partial charge is 0.349 e. The Balaban J connectivity index is 1.70. The summed E-state index contributed by atoms with van der Waals surface area (Å²) < 4.78 is 1.23. The van der Waals surface area contributed by atoms with E-state index in [4.69, 9.17) is 4.98 Å². The lowest BCUT2D eigenvalue weighted by molar-refractivity contribution is -0.133. The molecule has 0 atom stereocenters. The molecule has 4 nitrogen and oxygen atoms in total. The highest BCUT2D eigenvalue weighted by Crippen LogP contribution is 2.31. The summed E-state index contributed by atoms with van der Waals surface area (Å²) in [6.45, 7) is 1.84. The molecule has 0 unspecified atom stereocenters. The van der Waals surface area contributed by atoms with Gasteiger partial charge in [-0.05, 0) is 25.0 Å². The van der Waals surface area contributed by atoms with Crippen LogP contribution in [0.5, 0.6) is 0 Å². The molecule has 5 heteroatoms. The van der Waals surface area contributed by atoms with Gasteiger partial charge in [-0.25, -0.2) is 4.98 Å². The van der Waals surface area contributed by atoms with Crippen molar-refractivity contribution < 1.29 is 4.79 Å². The summed E-state index contributed by atoms with van der Waals surface area (Å²) in [6.07, 6.45) is 1.85. The van der Waals surface area contributed by atoms with Crippen LogP contribution in [0.25, 0.3) is 10.2 Å². The third kappa shape index (κ3) is 2.50. The van der Waals surface area contributed by atoms with Crippen molar-refractivity contribution in [2.75, 3.05) is 32.1 Å². The molecule has 20 heavy (non-hydrogen) atoms. The standard InChI is InChI=1S/C15H19N3OS/c1-17(2)14(19)11-7-9-18(10-8-11)15-16-12-5-3-4-6-13(12)20-15/h3-6,11H,7-10H2,1-2H3. The van der Waals surface area contributed by atoms with Crippen molar-refractivity contribution in [1.82, 2.24) is 9.88 Å². The highest BCUT2D eigenvalue weighted by Gasteiger charge is 2.27. The Labute approximate surface area is 123 Å². The molecule has 1 fully saturated rings. The van der Waals surface area contributed by atoms with Crippen LogP contribution in [-0.4, -0.2) is 43.0 Å². The molecule has 0 N–H and O–H groups in total. The minimum absolute atomic E-state index is 0.177. The first-order chi connectivity index (χ1) is 9.65. The number of piperidine rings is 1. The van der Waals surface area contributed by atoms with Crippen LogP contribution in [0.2, 0.25) is 0 Å². The van der Waals surface area contributed by atoms with Gasteiger partial charge in [0.1, 0.15) is 0 Å². The number of benzene rings is 1. The van der Waals surface area contributed by atoms with Crippen LogP contribution in [0.4, 0.5) is 5.13 Å². The van der Waals surface area contributed by atoms with E-state index in [1.54, 1.807) is 16.2 Å². The predicted octanol–water partition coefficient (Wildman–Crippen LogP) is 2.60. The molecular weight excluding hydrogens is 270 g/mol. The number of amides is 1. The Kier molecular flexibility index (Phi) is 3.61. The summed E-state index contributed by atoms with van der Waals surface area (Å²) >= 11 is 1.74. The predicted molar refractivity (Wildman–Crippen MR) is 83.3 cm³/mol. The minimum Gasteiger partial charge on any atom is -0.349 e. The van der Waals surface area contributed by atoms with Gasteiger partial charge in [-0.2, -0.15) is 0 Å². The Morgan fingerprint density at radius 2 is 2.00 bits per heavy atom. The summed E-state index contributed by atoms with van der Waals surface area (Å²) in [7, 11) is 3.67. The zero-order chi connectivity index (χ0) is 14.1. The first-order valence-corrected chi connectivity index (χ1v) is 7.78. The fourth-order valence-corrected chi connectivity index (χ4v) is 3.70. The second kappa shape index (κ2) is 5.40. The molecule has 0 aliphatic carbocycles. The van der Waals surface area contributed by atoms with Crippen LogP contribution in [0.3, 0.4) is 0 Å². The fourth-order valence-electron chi connectivity index (χ4n) is 2.68. The van der Waals surface area contributed by atoms with Crippen LogP contribution in [-0.2, 0) is 4.79 Å². The lowest BCUT2D eigenvalue weighted by atomic mass is 9.96. The van der Waals surface area contributed by atoms with E-state index in [2.05, 4.69) is 17.0 Å². The maximum Gasteiger partial charge on any atom is 0.225 e. The van der Waals surface area contributed by atoms with Crippen molar-refractivity contribution >= 4 is 32.6 Å². The number of fused-ring (bicyclic) bond motifs is 1. The number of nitrogens with zero attached hydrogens (tertiary/aromatic N) is 3. The molecule has 1 aromatic heterocycles. The van der Waals surface area contributed by atoms with Crippen molar-refractivity contribution in [2.24, 2.45) is 5.92 Å². The number of anilines is 1. The second-order valence-corrected chi connectivity index (χ2v) is 6.47. The molecule has 1 aliphatic rings. The summed E-state index contributed by atoms with van der Waals surface area (Å²) in [4.78, 5) is 20.7. The number of hydrogen-bond donors (Lipinski definition) is 0. The Hall–Kier alpha value is -1.62. The van der Waals surface area contributed by atoms with E-state index in [9.17, 15) is 4.79 Å². The third-order valence-corrected chi connectivity index (χ3v) is 4.94. The van der Waals surface area contributed by atoms with Gasteiger partial charge in [0.2, 0.25) is 5.91 Å². The molecular formula is C15H19N3OS. The molecule has 0 radical (unpaired) electrons. The van der Waals surface area contributed by atoms with E-state index in [-0.39, 0.29) is 11.8 Å². The number of rotatable bonds is 2. The molecule has 3 rings (SSSR count). The van der Waals surface area contributed by atoms with Gasteiger partial charge in [0.25, 0.3) is 0 Å². The molecule has 1 aromatic carbocycles. The van der Waals surface area contributed by atoms with Gasteiger partial charge in [0.15, 0.2) is 5.13 Å². The molecule has 0 spiro atoms. The van der Waals surface area contributed by atoms with Gasteiger partial charge in [-0.1, -0.05) is 23.5 Å². The molecule has 1 aliphatic heterocycles. The quantitative estimate of drug-likeness (QED) is 0.852. The summed E-state index contributed by atoms with van der Waals surface area (Å²) in [5.41, 5.74) is 1.07. The molecule has 1 amide bonds. The summed E-state index contributed by atoms with van der Waals surface area (Å²) in [5, 5.41) is 1.09. The van der Waals surface area contributed by atoms with Crippen LogP contribution in [0, 0.1) is 5.92 Å². The molecule has 2 aromatic rings. The number of carbonyl (C=O) groups excluding carboxylic acids is 1. The lowest BCUT2D eigenvalue weighted by Gasteiger charge is -2.32. The number of thiazole rings is 1. The average molecular weight is 289 g/mol. The normalized spacial score (nSPS) is 16.6. The van der Waals surface area contributed by atoms with E-state index in [0.717, 1.165) is 36.6 Å². The van der Waals surface area contributed by atoms with Gasteiger partial charge < -0.3 is 9.80 Å². The molecule has 1 saturated heterocycles. The van der Waals surface area contributed by atoms with Gasteiger partial charge in [0, 0.05) is 33.1 Å². The van der Waals surface area contributed by atoms with Crippen LogP contribution in [0.1, 0.15) is 12.8 Å². The van der Waals surface area contributed by atoms with Crippen molar-refractivity contribution in [1.29, 1.82) is 0 Å². The zero-order valence-corrected chi connectivity index (χ0v) is 12.7. The SMILES string of the molecule is CN(C)C(=O)C1CCN(c2nc3ccccc3s2)CC1. The van der Waals surface area contributed by atoms with Crippen molar-refractivity contribution in [3.8, 4) is 0 Å². The first-order valence-electron chi connectivity index (χ1n) is 6.97. The maximum absolute atomic E-state index is 12.0. The minimum atomic E-state index is 0.177. The summed E-state index contributed by atoms with van der Waals surface area (Å²) in [6, 6.07) is 8.23. The number of hydrogen-bond acceptors (Lipinski definition) is 4. The van der Waals surface area contributed by atoms with Gasteiger partial charge in [-0.15, -0.1) is 0 Å². The Morgan fingerprint density at radius 3 is 2.65 bits per heavy atom. The summed E-state index contributed by atoms with van der Waals surface area (Å²) in [5.74, 6) is 0.435. The second-order valence-electron chi connectivity index (χ2n) is 5.46. The highest BCUT2D eigenvalue weighted by molar-refractivity contribution is 7.22. The smallest absolute Gasteiger partial charge is 0.225 e. The van der Waals surface area contributed by atoms with E-state index >= 15 is 0 Å². The Morgan fingerprint density at radius 1 is 1.30 bits per heavy atom. The number of carbonyl (C=O) groups is 1. The van der Waals surface area contributed by atoms with Crippen molar-refractivity contribution in [3.05, 3.63) is 24.3 Å². The Bertz CT molecular complexity index is 581. The number of para-hydroxylation sites is 1. The van der Waals surface area contributed by atoms with E-state index in [1.165, 1.54) is 4.70 Å². The van der Waals surface area contributed by atoms with Crippen molar-refractivity contribution in [2.45, 2.75) is 12.8 Å². The molecule has 0 bridgehead atoms. The number of aromatic nitrogens is 1. The van der Waals surface area contributed by atoms with Gasteiger partial charge >= 0.3 is 0 Å². The van der Waals surface area contributed by atoms with Crippen molar-refractivity contribution in [3.63, 3.8) is 0 Å².